The van der Waals surface area contributed by atoms with Crippen molar-refractivity contribution >= 4 is 33.2 Å². The summed E-state index contributed by atoms with van der Waals surface area (Å²) >= 11 is 0. The molecule has 2 N–H and O–H groups in total. The molecule has 0 fully saturated rings. The summed E-state index contributed by atoms with van der Waals surface area (Å²) in [6, 6.07) is 17.1. The molecule has 1 atom stereocenters. The molecule has 5 aromatic rings. The number of aromatic amines is 1. The van der Waals surface area contributed by atoms with Gasteiger partial charge in [0.15, 0.2) is 5.82 Å². The second kappa shape index (κ2) is 14.4. The highest BCUT2D eigenvalue weighted by molar-refractivity contribution is 6.00. The fraction of sp³-hybridized carbons (Fsp3) is 0.394. The minimum Gasteiger partial charge on any atom is -0.361 e. The number of anilines is 2. The third-order valence-electron chi connectivity index (χ3n) is 6.58. The SMILES string of the molecule is CC.CC.CC.CCC(C)c1nnc(Nc2ccc3[nH]ccc3c2)c2c(C)n(-c3ccc(C)cc3)c(C)c12. The molecular formula is C33H47N5. The van der Waals surface area contributed by atoms with E-state index in [1.54, 1.807) is 0 Å². The van der Waals surface area contributed by atoms with Crippen LogP contribution in [0.25, 0.3) is 27.4 Å². The van der Waals surface area contributed by atoms with E-state index in [9.17, 15) is 0 Å². The molecule has 0 aliphatic carbocycles. The topological polar surface area (TPSA) is 58.5 Å². The molecule has 0 aliphatic rings. The Hall–Kier alpha value is -3.60. The zero-order valence-electron chi connectivity index (χ0n) is 25.3. The van der Waals surface area contributed by atoms with Crippen LogP contribution in [-0.4, -0.2) is 19.7 Å². The molecular weight excluding hydrogens is 466 g/mol. The lowest BCUT2D eigenvalue weighted by molar-refractivity contribution is 0.700. The molecule has 38 heavy (non-hydrogen) atoms. The van der Waals surface area contributed by atoms with Crippen molar-refractivity contribution in [2.24, 2.45) is 0 Å². The van der Waals surface area contributed by atoms with Crippen LogP contribution in [0.4, 0.5) is 11.5 Å². The molecule has 2 aromatic carbocycles. The van der Waals surface area contributed by atoms with Crippen molar-refractivity contribution in [3.63, 3.8) is 0 Å². The van der Waals surface area contributed by atoms with E-state index in [0.29, 0.717) is 5.92 Å². The van der Waals surface area contributed by atoms with Gasteiger partial charge in [0.05, 0.1) is 5.69 Å². The Morgan fingerprint density at radius 3 is 2.08 bits per heavy atom. The minimum atomic E-state index is 0.335. The maximum absolute atomic E-state index is 4.72. The van der Waals surface area contributed by atoms with E-state index >= 15 is 0 Å². The van der Waals surface area contributed by atoms with Crippen LogP contribution in [0.3, 0.4) is 0 Å². The molecule has 204 valence electrons. The summed E-state index contributed by atoms with van der Waals surface area (Å²) in [4.78, 5) is 3.25. The van der Waals surface area contributed by atoms with Crippen molar-refractivity contribution in [3.8, 4) is 5.69 Å². The molecule has 0 bridgehead atoms. The third-order valence-corrected chi connectivity index (χ3v) is 6.58. The van der Waals surface area contributed by atoms with Gasteiger partial charge < -0.3 is 14.9 Å². The van der Waals surface area contributed by atoms with E-state index in [1.165, 1.54) is 27.7 Å². The number of aryl methyl sites for hydroxylation is 3. The van der Waals surface area contributed by atoms with Crippen molar-refractivity contribution in [2.75, 3.05) is 5.32 Å². The van der Waals surface area contributed by atoms with Crippen LogP contribution in [0.15, 0.2) is 54.7 Å². The van der Waals surface area contributed by atoms with Gasteiger partial charge in [0.1, 0.15) is 0 Å². The van der Waals surface area contributed by atoms with Gasteiger partial charge in [0.25, 0.3) is 0 Å². The molecule has 0 aliphatic heterocycles. The van der Waals surface area contributed by atoms with Crippen molar-refractivity contribution in [1.29, 1.82) is 0 Å². The normalized spacial score (nSPS) is 11.0. The molecule has 0 amide bonds. The van der Waals surface area contributed by atoms with Crippen molar-refractivity contribution in [2.45, 2.75) is 88.5 Å². The minimum absolute atomic E-state index is 0.335. The highest BCUT2D eigenvalue weighted by Crippen LogP contribution is 2.38. The summed E-state index contributed by atoms with van der Waals surface area (Å²) in [5.74, 6) is 1.13. The molecule has 3 heterocycles. The Morgan fingerprint density at radius 1 is 0.816 bits per heavy atom. The van der Waals surface area contributed by atoms with Crippen LogP contribution in [0.1, 0.15) is 90.4 Å². The first kappa shape index (κ1) is 30.6. The predicted molar refractivity (Wildman–Crippen MR) is 167 cm³/mol. The Bertz CT molecular complexity index is 1420. The Labute approximate surface area is 229 Å². The van der Waals surface area contributed by atoms with E-state index < -0.39 is 0 Å². The van der Waals surface area contributed by atoms with Crippen LogP contribution in [0.2, 0.25) is 0 Å². The first-order chi connectivity index (χ1) is 18.5. The lowest BCUT2D eigenvalue weighted by atomic mass is 9.99. The summed E-state index contributed by atoms with van der Waals surface area (Å²) < 4.78 is 2.33. The molecule has 1 unspecified atom stereocenters. The fourth-order valence-corrected chi connectivity index (χ4v) is 4.62. The van der Waals surface area contributed by atoms with Gasteiger partial charge in [-0.15, -0.1) is 5.10 Å². The number of nitrogens with zero attached hydrogens (tertiary/aromatic N) is 3. The third kappa shape index (κ3) is 6.09. The van der Waals surface area contributed by atoms with Gasteiger partial charge in [0.2, 0.25) is 0 Å². The van der Waals surface area contributed by atoms with Gasteiger partial charge in [0, 0.05) is 56.6 Å². The number of hydrogen-bond donors (Lipinski definition) is 2. The number of benzene rings is 2. The smallest absolute Gasteiger partial charge is 0.162 e. The van der Waals surface area contributed by atoms with Crippen molar-refractivity contribution in [1.82, 2.24) is 19.7 Å². The quantitative estimate of drug-likeness (QED) is 0.246. The van der Waals surface area contributed by atoms with Gasteiger partial charge in [-0.1, -0.05) is 73.1 Å². The molecule has 0 spiro atoms. The first-order valence-corrected chi connectivity index (χ1v) is 14.3. The molecule has 0 saturated heterocycles. The monoisotopic (exact) mass is 513 g/mol. The van der Waals surface area contributed by atoms with Gasteiger partial charge >= 0.3 is 0 Å². The molecule has 5 rings (SSSR count). The van der Waals surface area contributed by atoms with Gasteiger partial charge in [-0.3, -0.25) is 0 Å². The summed E-state index contributed by atoms with van der Waals surface area (Å²) in [6.45, 7) is 22.9. The fourth-order valence-electron chi connectivity index (χ4n) is 4.62. The predicted octanol–water partition coefficient (Wildman–Crippen LogP) is 10.2. The van der Waals surface area contributed by atoms with E-state index in [4.69, 9.17) is 5.10 Å². The van der Waals surface area contributed by atoms with E-state index in [2.05, 4.69) is 103 Å². The summed E-state index contributed by atoms with van der Waals surface area (Å²) in [5.41, 5.74) is 7.99. The van der Waals surface area contributed by atoms with E-state index in [-0.39, 0.29) is 0 Å². The Kier molecular flexibility index (Phi) is 11.6. The zero-order chi connectivity index (χ0) is 28.4. The van der Waals surface area contributed by atoms with Crippen LogP contribution in [0.5, 0.6) is 0 Å². The second-order valence-corrected chi connectivity index (χ2v) is 8.74. The maximum Gasteiger partial charge on any atom is 0.162 e. The van der Waals surface area contributed by atoms with Crippen LogP contribution in [-0.2, 0) is 0 Å². The lowest BCUT2D eigenvalue weighted by Crippen LogP contribution is -2.03. The van der Waals surface area contributed by atoms with Gasteiger partial charge in [-0.25, -0.2) is 0 Å². The summed E-state index contributed by atoms with van der Waals surface area (Å²) in [5, 5.41) is 16.5. The number of fused-ring (bicyclic) bond motifs is 2. The average Bonchev–Trinajstić information content (AvgIpc) is 3.54. The molecule has 5 heteroatoms. The van der Waals surface area contributed by atoms with E-state index in [0.717, 1.165) is 40.2 Å². The zero-order valence-corrected chi connectivity index (χ0v) is 25.3. The number of hydrogen-bond acceptors (Lipinski definition) is 3. The Balaban J connectivity index is 0.000000791. The van der Waals surface area contributed by atoms with Crippen molar-refractivity contribution in [3.05, 3.63) is 77.4 Å². The van der Waals surface area contributed by atoms with Crippen LogP contribution >= 0.6 is 0 Å². The number of H-pyrrole nitrogens is 1. The average molecular weight is 514 g/mol. The second-order valence-electron chi connectivity index (χ2n) is 8.74. The van der Waals surface area contributed by atoms with E-state index in [1.807, 2.05) is 47.7 Å². The van der Waals surface area contributed by atoms with Gasteiger partial charge in [-0.05, 0) is 63.6 Å². The highest BCUT2D eigenvalue weighted by Gasteiger charge is 2.23. The first-order valence-electron chi connectivity index (χ1n) is 14.3. The lowest BCUT2D eigenvalue weighted by Gasteiger charge is -2.13. The van der Waals surface area contributed by atoms with Crippen molar-refractivity contribution < 1.29 is 0 Å². The molecule has 3 aromatic heterocycles. The summed E-state index contributed by atoms with van der Waals surface area (Å²) in [6.07, 6.45) is 2.98. The largest absolute Gasteiger partial charge is 0.361 e. The molecule has 0 saturated carbocycles. The number of nitrogens with one attached hydrogen (secondary N) is 2. The van der Waals surface area contributed by atoms with Crippen LogP contribution in [0, 0.1) is 20.8 Å². The summed E-state index contributed by atoms with van der Waals surface area (Å²) in [7, 11) is 0. The molecule has 0 radical (unpaired) electrons. The van der Waals surface area contributed by atoms with Gasteiger partial charge in [-0.2, -0.15) is 5.10 Å². The standard InChI is InChI=1S/C27H29N5.3C2H6/c1-6-17(3)26-24-18(4)32(22-10-7-16(2)8-11-22)19(5)25(24)27(31-30-26)29-21-9-12-23-20(15-21)13-14-28-23;3*1-2/h7-15,17,28H,6H2,1-5H3,(H,29,31);3*1-2H3. The number of aromatic nitrogens is 4. The molecule has 5 nitrogen and oxygen atoms in total. The number of rotatable bonds is 5. The van der Waals surface area contributed by atoms with Crippen LogP contribution < -0.4 is 5.32 Å². The maximum atomic E-state index is 4.72. The Morgan fingerprint density at radius 2 is 1.45 bits per heavy atom. The highest BCUT2D eigenvalue weighted by atomic mass is 15.2.